The monoisotopic (exact) mass is 269 g/mol. The molecular formula is C13H19NO3S. The van der Waals surface area contributed by atoms with E-state index in [-0.39, 0.29) is 11.5 Å². The predicted octanol–water partition coefficient (Wildman–Crippen LogP) is 1.08. The van der Waals surface area contributed by atoms with Crippen molar-refractivity contribution in [2.24, 2.45) is 5.73 Å². The molecule has 0 amide bonds. The molecule has 1 aromatic rings. The van der Waals surface area contributed by atoms with Gasteiger partial charge in [-0.25, -0.2) is 8.42 Å². The first kappa shape index (κ1) is 14.9. The van der Waals surface area contributed by atoms with Crippen molar-refractivity contribution in [3.63, 3.8) is 0 Å². The van der Waals surface area contributed by atoms with Gasteiger partial charge in [-0.05, 0) is 17.5 Å². The Morgan fingerprint density at radius 2 is 1.83 bits per heavy atom. The van der Waals surface area contributed by atoms with E-state index < -0.39 is 9.84 Å². The molecule has 0 saturated heterocycles. The maximum Gasteiger partial charge on any atom is 0.147 e. The van der Waals surface area contributed by atoms with E-state index in [4.69, 9.17) is 5.73 Å². The topological polar surface area (TPSA) is 77.2 Å². The van der Waals surface area contributed by atoms with Crippen LogP contribution in [0.15, 0.2) is 24.3 Å². The second kappa shape index (κ2) is 6.66. The lowest BCUT2D eigenvalue weighted by atomic mass is 10.0. The normalized spacial score (nSPS) is 11.4. The van der Waals surface area contributed by atoms with Crippen LogP contribution >= 0.6 is 0 Å². The van der Waals surface area contributed by atoms with Crippen LogP contribution in [0.1, 0.15) is 24.0 Å². The second-order valence-electron chi connectivity index (χ2n) is 4.42. The van der Waals surface area contributed by atoms with E-state index in [1.165, 1.54) is 6.26 Å². The average Bonchev–Trinajstić information content (AvgIpc) is 2.28. The van der Waals surface area contributed by atoms with Crippen molar-refractivity contribution in [1.82, 2.24) is 0 Å². The predicted molar refractivity (Wildman–Crippen MR) is 72.0 cm³/mol. The lowest BCUT2D eigenvalue weighted by Gasteiger charge is -2.06. The summed E-state index contributed by atoms with van der Waals surface area (Å²) in [7, 11) is -2.98. The highest BCUT2D eigenvalue weighted by atomic mass is 32.2. The molecule has 2 N–H and O–H groups in total. The van der Waals surface area contributed by atoms with E-state index in [2.05, 4.69) is 0 Å². The summed E-state index contributed by atoms with van der Waals surface area (Å²) in [5.41, 5.74) is 7.49. The summed E-state index contributed by atoms with van der Waals surface area (Å²) in [6.45, 7) is 0.410. The van der Waals surface area contributed by atoms with E-state index in [0.717, 1.165) is 11.1 Å². The Bertz CT molecular complexity index is 509. The SMILES string of the molecule is CS(=O)(=O)CCCC(=O)Cc1ccccc1CN. The molecule has 0 atom stereocenters. The molecule has 1 aromatic carbocycles. The van der Waals surface area contributed by atoms with E-state index in [9.17, 15) is 13.2 Å². The van der Waals surface area contributed by atoms with Crippen LogP contribution in [0.3, 0.4) is 0 Å². The van der Waals surface area contributed by atoms with Crippen LogP contribution in [0.5, 0.6) is 0 Å². The number of Topliss-reactive ketones (excluding diaryl/α,β-unsaturated/α-hetero) is 1. The summed E-state index contributed by atoms with van der Waals surface area (Å²) in [4.78, 5) is 11.7. The van der Waals surface area contributed by atoms with Crippen molar-refractivity contribution in [3.8, 4) is 0 Å². The van der Waals surface area contributed by atoms with Crippen molar-refractivity contribution >= 4 is 15.6 Å². The molecule has 0 aliphatic rings. The highest BCUT2D eigenvalue weighted by Crippen LogP contribution is 2.10. The number of nitrogens with two attached hydrogens (primary N) is 1. The van der Waals surface area contributed by atoms with Gasteiger partial charge in [-0.1, -0.05) is 24.3 Å². The van der Waals surface area contributed by atoms with Gasteiger partial charge in [0, 0.05) is 25.6 Å². The van der Waals surface area contributed by atoms with Crippen molar-refractivity contribution in [2.75, 3.05) is 12.0 Å². The first-order chi connectivity index (χ1) is 8.42. The van der Waals surface area contributed by atoms with Crippen LogP contribution in [0.2, 0.25) is 0 Å². The van der Waals surface area contributed by atoms with Crippen LogP contribution in [0, 0.1) is 0 Å². The Morgan fingerprint density at radius 3 is 2.39 bits per heavy atom. The van der Waals surface area contributed by atoms with Crippen molar-refractivity contribution < 1.29 is 13.2 Å². The molecule has 5 heteroatoms. The number of rotatable bonds is 7. The van der Waals surface area contributed by atoms with E-state index in [0.29, 0.717) is 25.8 Å². The first-order valence-corrected chi connectivity index (χ1v) is 7.94. The molecule has 0 unspecified atom stereocenters. The summed E-state index contributed by atoms with van der Waals surface area (Å²) in [5.74, 6) is 0.122. The van der Waals surface area contributed by atoms with E-state index in [1.807, 2.05) is 24.3 Å². The molecule has 0 aliphatic heterocycles. The molecule has 0 aromatic heterocycles. The Labute approximate surface area is 108 Å². The molecule has 1 rings (SSSR count). The van der Waals surface area contributed by atoms with Gasteiger partial charge in [0.2, 0.25) is 0 Å². The third-order valence-electron chi connectivity index (χ3n) is 2.70. The summed E-state index contributed by atoms with van der Waals surface area (Å²) < 4.78 is 21.9. The van der Waals surface area contributed by atoms with Crippen LogP contribution in [0.4, 0.5) is 0 Å². The molecule has 0 saturated carbocycles. The fraction of sp³-hybridized carbons (Fsp3) is 0.462. The minimum Gasteiger partial charge on any atom is -0.326 e. The third kappa shape index (κ3) is 5.42. The zero-order valence-corrected chi connectivity index (χ0v) is 11.4. The molecule has 4 nitrogen and oxygen atoms in total. The number of carbonyl (C=O) groups excluding carboxylic acids is 1. The third-order valence-corrected chi connectivity index (χ3v) is 3.73. The zero-order chi connectivity index (χ0) is 13.6. The standard InChI is InChI=1S/C13H19NO3S/c1-18(16,17)8-4-7-13(15)9-11-5-2-3-6-12(11)10-14/h2-3,5-6H,4,7-10,14H2,1H3. The van der Waals surface area contributed by atoms with Crippen LogP contribution in [-0.4, -0.2) is 26.2 Å². The van der Waals surface area contributed by atoms with Gasteiger partial charge in [-0.3, -0.25) is 4.79 Å². The fourth-order valence-corrected chi connectivity index (χ4v) is 2.43. The van der Waals surface area contributed by atoms with Gasteiger partial charge < -0.3 is 5.73 Å². The van der Waals surface area contributed by atoms with Gasteiger partial charge in [0.05, 0.1) is 5.75 Å². The lowest BCUT2D eigenvalue weighted by Crippen LogP contribution is -2.10. The Balaban J connectivity index is 2.50. The molecule has 0 spiro atoms. The Kier molecular flexibility index (Phi) is 5.50. The molecular weight excluding hydrogens is 250 g/mol. The van der Waals surface area contributed by atoms with E-state index in [1.54, 1.807) is 0 Å². The highest BCUT2D eigenvalue weighted by Gasteiger charge is 2.09. The van der Waals surface area contributed by atoms with Crippen molar-refractivity contribution in [3.05, 3.63) is 35.4 Å². The second-order valence-corrected chi connectivity index (χ2v) is 6.68. The van der Waals surface area contributed by atoms with Crippen molar-refractivity contribution in [2.45, 2.75) is 25.8 Å². The van der Waals surface area contributed by atoms with E-state index >= 15 is 0 Å². The molecule has 0 heterocycles. The highest BCUT2D eigenvalue weighted by molar-refractivity contribution is 7.90. The summed E-state index contributed by atoms with van der Waals surface area (Å²) in [6, 6.07) is 7.55. The smallest absolute Gasteiger partial charge is 0.147 e. The average molecular weight is 269 g/mol. The molecule has 0 radical (unpaired) electrons. The fourth-order valence-electron chi connectivity index (χ4n) is 1.76. The zero-order valence-electron chi connectivity index (χ0n) is 10.6. The van der Waals surface area contributed by atoms with Crippen LogP contribution in [-0.2, 0) is 27.6 Å². The van der Waals surface area contributed by atoms with Gasteiger partial charge in [-0.15, -0.1) is 0 Å². The van der Waals surface area contributed by atoms with Crippen molar-refractivity contribution in [1.29, 1.82) is 0 Å². The number of carbonyl (C=O) groups is 1. The molecule has 0 aliphatic carbocycles. The minimum atomic E-state index is -2.98. The number of hydrogen-bond donors (Lipinski definition) is 1. The van der Waals surface area contributed by atoms with Crippen LogP contribution in [0.25, 0.3) is 0 Å². The molecule has 100 valence electrons. The van der Waals surface area contributed by atoms with Gasteiger partial charge in [0.15, 0.2) is 0 Å². The number of ketones is 1. The largest absolute Gasteiger partial charge is 0.326 e. The minimum absolute atomic E-state index is 0.0551. The maximum atomic E-state index is 11.7. The number of hydrogen-bond acceptors (Lipinski definition) is 4. The maximum absolute atomic E-state index is 11.7. The van der Waals surface area contributed by atoms with Gasteiger partial charge >= 0.3 is 0 Å². The molecule has 18 heavy (non-hydrogen) atoms. The van der Waals surface area contributed by atoms with Gasteiger partial charge in [0.25, 0.3) is 0 Å². The summed E-state index contributed by atoms with van der Waals surface area (Å²) in [6.07, 6.45) is 2.20. The van der Waals surface area contributed by atoms with Gasteiger partial charge in [-0.2, -0.15) is 0 Å². The summed E-state index contributed by atoms with van der Waals surface area (Å²) >= 11 is 0. The van der Waals surface area contributed by atoms with Crippen LogP contribution < -0.4 is 5.73 Å². The quantitative estimate of drug-likeness (QED) is 0.803. The Hall–Kier alpha value is -1.20. The lowest BCUT2D eigenvalue weighted by molar-refractivity contribution is -0.118. The van der Waals surface area contributed by atoms with Gasteiger partial charge in [0.1, 0.15) is 15.6 Å². The first-order valence-electron chi connectivity index (χ1n) is 5.88. The molecule has 0 fully saturated rings. The number of sulfone groups is 1. The number of benzene rings is 1. The molecule has 0 bridgehead atoms. The summed E-state index contributed by atoms with van der Waals surface area (Å²) in [5, 5.41) is 0. The Morgan fingerprint density at radius 1 is 1.22 bits per heavy atom.